The van der Waals surface area contributed by atoms with Crippen molar-refractivity contribution in [2.75, 3.05) is 18.6 Å². The van der Waals surface area contributed by atoms with Gasteiger partial charge in [0.15, 0.2) is 5.70 Å². The molecule has 0 fully saturated rings. The van der Waals surface area contributed by atoms with Crippen LogP contribution in [0, 0.1) is 0 Å². The van der Waals surface area contributed by atoms with Crippen molar-refractivity contribution in [3.8, 4) is 0 Å². The molecule has 1 aromatic carbocycles. The van der Waals surface area contributed by atoms with E-state index in [1.165, 1.54) is 5.56 Å². The summed E-state index contributed by atoms with van der Waals surface area (Å²) in [4.78, 5) is 18.5. The predicted molar refractivity (Wildman–Crippen MR) is 89.5 cm³/mol. The molecular weight excluding hydrogens is 292 g/mol. The lowest BCUT2D eigenvalue weighted by atomic mass is 9.77. The number of aliphatic imine (C=N–C) groups is 1. The van der Waals surface area contributed by atoms with Crippen molar-refractivity contribution in [3.63, 3.8) is 0 Å². The van der Waals surface area contributed by atoms with Crippen LogP contribution >= 0.6 is 0 Å². The number of fused-ring (bicyclic) bond motifs is 1. The van der Waals surface area contributed by atoms with E-state index in [9.17, 15) is 4.79 Å². The standard InChI is InChI=1S/C18H22N2O3/c1-6-22-16(21)15-12(2)23-18(11-19-15)17(3,4)13-9-7-8-10-14(13)20(18)5/h7-11H,6H2,1-5H3. The third-order valence-corrected chi connectivity index (χ3v) is 4.81. The van der Waals surface area contributed by atoms with Gasteiger partial charge in [0, 0.05) is 12.7 Å². The van der Waals surface area contributed by atoms with Crippen LogP contribution in [-0.4, -0.2) is 31.6 Å². The van der Waals surface area contributed by atoms with Crippen molar-refractivity contribution in [1.82, 2.24) is 0 Å². The van der Waals surface area contributed by atoms with Gasteiger partial charge in [-0.05, 0) is 39.3 Å². The lowest BCUT2D eigenvalue weighted by Crippen LogP contribution is -2.58. The minimum absolute atomic E-state index is 0.234. The molecule has 1 atom stereocenters. The van der Waals surface area contributed by atoms with Crippen LogP contribution in [-0.2, 0) is 19.7 Å². The minimum atomic E-state index is -0.753. The molecule has 0 bridgehead atoms. The number of rotatable bonds is 2. The van der Waals surface area contributed by atoms with Crippen LogP contribution in [0.4, 0.5) is 5.69 Å². The second-order valence-corrected chi connectivity index (χ2v) is 6.38. The quantitative estimate of drug-likeness (QED) is 0.788. The Kier molecular flexibility index (Phi) is 3.47. The maximum absolute atomic E-state index is 12.0. The Labute approximate surface area is 136 Å². The third-order valence-electron chi connectivity index (χ3n) is 4.81. The number of hydrogen-bond acceptors (Lipinski definition) is 5. The van der Waals surface area contributed by atoms with Crippen LogP contribution in [0.2, 0.25) is 0 Å². The summed E-state index contributed by atoms with van der Waals surface area (Å²) in [5, 5.41) is 0. The Balaban J connectivity index is 2.04. The van der Waals surface area contributed by atoms with Crippen LogP contribution < -0.4 is 4.90 Å². The van der Waals surface area contributed by atoms with Gasteiger partial charge < -0.3 is 14.4 Å². The zero-order valence-electron chi connectivity index (χ0n) is 14.2. The topological polar surface area (TPSA) is 51.1 Å². The fourth-order valence-electron chi connectivity index (χ4n) is 3.48. The fourth-order valence-corrected chi connectivity index (χ4v) is 3.48. The monoisotopic (exact) mass is 314 g/mol. The molecule has 0 aromatic heterocycles. The van der Waals surface area contributed by atoms with Gasteiger partial charge in [0.2, 0.25) is 5.72 Å². The first-order valence-corrected chi connectivity index (χ1v) is 7.80. The van der Waals surface area contributed by atoms with Crippen LogP contribution in [0.5, 0.6) is 0 Å². The number of likely N-dealkylation sites (N-methyl/N-ethyl adjacent to an activating group) is 1. The zero-order chi connectivity index (χ0) is 16.8. The summed E-state index contributed by atoms with van der Waals surface area (Å²) in [5.41, 5.74) is 1.47. The number of carbonyl (C=O) groups excluding carboxylic acids is 1. The van der Waals surface area contributed by atoms with Gasteiger partial charge in [0.25, 0.3) is 0 Å². The second-order valence-electron chi connectivity index (χ2n) is 6.38. The first-order chi connectivity index (χ1) is 10.8. The van der Waals surface area contributed by atoms with Crippen molar-refractivity contribution < 1.29 is 14.3 Å². The number of benzene rings is 1. The molecule has 0 amide bonds. The number of ether oxygens (including phenoxy) is 2. The van der Waals surface area contributed by atoms with Crippen LogP contribution in [0.3, 0.4) is 0 Å². The van der Waals surface area contributed by atoms with E-state index in [0.29, 0.717) is 12.4 Å². The molecule has 0 saturated carbocycles. The molecule has 3 rings (SSSR count). The SMILES string of the molecule is CCOC(=O)C1=C(C)OC2(C=N1)N(C)c1ccccc1C2(C)C. The van der Waals surface area contributed by atoms with Crippen LogP contribution in [0.1, 0.15) is 33.3 Å². The maximum Gasteiger partial charge on any atom is 0.360 e. The Hall–Kier alpha value is -2.30. The van der Waals surface area contributed by atoms with Gasteiger partial charge in [-0.1, -0.05) is 18.2 Å². The zero-order valence-corrected chi connectivity index (χ0v) is 14.2. The Bertz CT molecular complexity index is 721. The van der Waals surface area contributed by atoms with E-state index < -0.39 is 11.7 Å². The highest BCUT2D eigenvalue weighted by atomic mass is 16.5. The average Bonchev–Trinajstić information content (AvgIpc) is 2.68. The van der Waals surface area contributed by atoms with E-state index in [2.05, 4.69) is 35.9 Å². The highest BCUT2D eigenvalue weighted by Gasteiger charge is 2.58. The summed E-state index contributed by atoms with van der Waals surface area (Å²) in [7, 11) is 1.99. The van der Waals surface area contributed by atoms with Crippen LogP contribution in [0.25, 0.3) is 0 Å². The third kappa shape index (κ3) is 1.99. The molecule has 1 spiro atoms. The average molecular weight is 314 g/mol. The highest BCUT2D eigenvalue weighted by molar-refractivity contribution is 5.94. The Morgan fingerprint density at radius 1 is 1.35 bits per heavy atom. The molecule has 0 aliphatic carbocycles. The molecule has 2 heterocycles. The number of hydrogen-bond donors (Lipinski definition) is 0. The summed E-state index contributed by atoms with van der Waals surface area (Å²) >= 11 is 0. The van der Waals surface area contributed by atoms with Gasteiger partial charge in [-0.3, -0.25) is 0 Å². The molecule has 1 aromatic rings. The van der Waals surface area contributed by atoms with E-state index in [1.54, 1.807) is 20.1 Å². The maximum atomic E-state index is 12.0. The molecular formula is C18H22N2O3. The first-order valence-electron chi connectivity index (χ1n) is 7.80. The summed E-state index contributed by atoms with van der Waals surface area (Å²) in [6.07, 6.45) is 1.73. The fraction of sp³-hybridized carbons (Fsp3) is 0.444. The van der Waals surface area contributed by atoms with E-state index in [0.717, 1.165) is 5.69 Å². The van der Waals surface area contributed by atoms with Gasteiger partial charge in [-0.2, -0.15) is 0 Å². The van der Waals surface area contributed by atoms with Crippen molar-refractivity contribution >= 4 is 17.9 Å². The number of para-hydroxylation sites is 1. The molecule has 122 valence electrons. The second kappa shape index (κ2) is 5.11. The molecule has 5 heteroatoms. The molecule has 23 heavy (non-hydrogen) atoms. The lowest BCUT2D eigenvalue weighted by molar-refractivity contribution is -0.139. The van der Waals surface area contributed by atoms with Gasteiger partial charge >= 0.3 is 5.97 Å². The number of allylic oxidation sites excluding steroid dienone is 1. The van der Waals surface area contributed by atoms with Crippen molar-refractivity contribution in [1.29, 1.82) is 0 Å². The van der Waals surface area contributed by atoms with E-state index in [-0.39, 0.29) is 11.1 Å². The Morgan fingerprint density at radius 2 is 2.04 bits per heavy atom. The lowest BCUT2D eigenvalue weighted by Gasteiger charge is -2.44. The van der Waals surface area contributed by atoms with E-state index >= 15 is 0 Å². The van der Waals surface area contributed by atoms with Gasteiger partial charge in [-0.25, -0.2) is 9.79 Å². The number of anilines is 1. The van der Waals surface area contributed by atoms with Gasteiger partial charge in [0.1, 0.15) is 5.76 Å². The molecule has 2 aliphatic heterocycles. The summed E-state index contributed by atoms with van der Waals surface area (Å²) in [5.74, 6) is 0.0331. The normalized spacial score (nSPS) is 24.7. The summed E-state index contributed by atoms with van der Waals surface area (Å²) < 4.78 is 11.3. The largest absolute Gasteiger partial charge is 0.464 e. The molecule has 0 N–H and O–H groups in total. The molecule has 0 radical (unpaired) electrons. The van der Waals surface area contributed by atoms with Crippen molar-refractivity contribution in [2.24, 2.45) is 4.99 Å². The molecule has 2 aliphatic rings. The smallest absolute Gasteiger partial charge is 0.360 e. The van der Waals surface area contributed by atoms with Gasteiger partial charge in [0.05, 0.1) is 18.2 Å². The Morgan fingerprint density at radius 3 is 2.65 bits per heavy atom. The molecule has 0 saturated heterocycles. The highest BCUT2D eigenvalue weighted by Crippen LogP contribution is 2.52. The minimum Gasteiger partial charge on any atom is -0.464 e. The van der Waals surface area contributed by atoms with Gasteiger partial charge in [-0.15, -0.1) is 0 Å². The molecule has 5 nitrogen and oxygen atoms in total. The van der Waals surface area contributed by atoms with Crippen molar-refractivity contribution in [3.05, 3.63) is 41.3 Å². The molecule has 1 unspecified atom stereocenters. The van der Waals surface area contributed by atoms with Crippen LogP contribution in [0.15, 0.2) is 40.7 Å². The van der Waals surface area contributed by atoms with Crippen molar-refractivity contribution in [2.45, 2.75) is 38.8 Å². The summed E-state index contributed by atoms with van der Waals surface area (Å²) in [6, 6.07) is 8.22. The predicted octanol–water partition coefficient (Wildman–Crippen LogP) is 3.01. The summed E-state index contributed by atoms with van der Waals surface area (Å²) in [6.45, 7) is 8.10. The van der Waals surface area contributed by atoms with E-state index in [1.807, 2.05) is 19.2 Å². The number of nitrogens with zero attached hydrogens (tertiary/aromatic N) is 2. The van der Waals surface area contributed by atoms with E-state index in [4.69, 9.17) is 9.47 Å². The number of esters is 1. The first kappa shape index (κ1) is 15.6. The number of carbonyl (C=O) groups is 1.